The highest BCUT2D eigenvalue weighted by molar-refractivity contribution is 5.66. The van der Waals surface area contributed by atoms with Crippen LogP contribution in [0, 0.1) is 0 Å². The van der Waals surface area contributed by atoms with E-state index >= 15 is 0 Å². The summed E-state index contributed by atoms with van der Waals surface area (Å²) in [5.41, 5.74) is 0. The van der Waals surface area contributed by atoms with Crippen LogP contribution in [0.3, 0.4) is 0 Å². The molecule has 4 saturated heterocycles. The first-order valence-electron chi connectivity index (χ1n) is 22.2. The summed E-state index contributed by atoms with van der Waals surface area (Å²) in [5, 5.41) is 117. The molecule has 0 aromatic rings. The lowest BCUT2D eigenvalue weighted by atomic mass is 9.96. The van der Waals surface area contributed by atoms with Crippen LogP contribution in [0.5, 0.6) is 0 Å². The van der Waals surface area contributed by atoms with Crippen molar-refractivity contribution < 1.29 is 98.9 Å². The molecule has 0 saturated carbocycles. The van der Waals surface area contributed by atoms with Gasteiger partial charge in [-0.05, 0) is 40.0 Å². The first-order chi connectivity index (χ1) is 29.0. The molecule has 0 aromatic carbocycles. The van der Waals surface area contributed by atoms with E-state index in [9.17, 15) is 55.9 Å². The predicted octanol–water partition coefficient (Wildman–Crippen LogP) is -0.707. The van der Waals surface area contributed by atoms with Crippen molar-refractivity contribution in [3.05, 3.63) is 0 Å². The monoisotopic (exact) mass is 886 g/mol. The predicted molar refractivity (Wildman–Crippen MR) is 210 cm³/mol. The smallest absolute Gasteiger partial charge is 0.303 e. The summed E-state index contributed by atoms with van der Waals surface area (Å²) < 4.78 is 47.8. The molecule has 0 radical (unpaired) electrons. The van der Waals surface area contributed by atoms with Gasteiger partial charge in [0.25, 0.3) is 0 Å². The average molecular weight is 887 g/mol. The standard InChI is InChI=1S/C41H74O20/c1-5-6-7-13-16-23(17-14-11-9-8-10-12-15-18-25(43)44)57-40-36(30(49)27(46)21(3)55-40)61-41-37(31(50)28(47)24(19-42)58-41)60-39-34(53)32(51)35(22(4)56-39)59-38-33(52)29(48)26(45)20(2)54-38/h20-24,26-42,45-53H,5-19H2,1-4H3,(H,43,44)/t20-,21-,22-,23+,24+,26+,27-,28+,29+,30+,31-,32-,33-,34+,35-,36-,37+,38+,39-,40+,41-/m1/s1. The van der Waals surface area contributed by atoms with Crippen LogP contribution < -0.4 is 0 Å². The van der Waals surface area contributed by atoms with Gasteiger partial charge in [-0.15, -0.1) is 0 Å². The Labute approximate surface area is 357 Å². The van der Waals surface area contributed by atoms with Crippen LogP contribution >= 0.6 is 0 Å². The molecule has 358 valence electrons. The lowest BCUT2D eigenvalue weighted by Crippen LogP contribution is -2.67. The lowest BCUT2D eigenvalue weighted by molar-refractivity contribution is -0.398. The third-order valence-electron chi connectivity index (χ3n) is 12.2. The highest BCUT2D eigenvalue weighted by atomic mass is 16.8. The van der Waals surface area contributed by atoms with Gasteiger partial charge < -0.3 is 94.1 Å². The van der Waals surface area contributed by atoms with Crippen LogP contribution in [0.1, 0.15) is 118 Å². The van der Waals surface area contributed by atoms with Crippen molar-refractivity contribution in [1.82, 2.24) is 0 Å². The summed E-state index contributed by atoms with van der Waals surface area (Å²) in [5.74, 6) is -0.790. The summed E-state index contributed by atoms with van der Waals surface area (Å²) in [7, 11) is 0. The highest BCUT2D eigenvalue weighted by Gasteiger charge is 2.55. The molecule has 0 bridgehead atoms. The zero-order chi connectivity index (χ0) is 45.0. The zero-order valence-electron chi connectivity index (χ0n) is 35.8. The normalized spacial score (nSPS) is 42.7. The van der Waals surface area contributed by atoms with Gasteiger partial charge in [0.1, 0.15) is 79.4 Å². The molecule has 20 nitrogen and oxygen atoms in total. The second-order valence-corrected chi connectivity index (χ2v) is 17.1. The maximum atomic E-state index is 11.4. The van der Waals surface area contributed by atoms with E-state index in [1.165, 1.54) is 13.8 Å². The number of ether oxygens (including phenoxy) is 8. The van der Waals surface area contributed by atoms with Crippen molar-refractivity contribution in [3.8, 4) is 0 Å². The SMILES string of the molecule is CCCCCC[C@@H](CCCCCCCCCC(=O)O)O[C@@H]1O[C@H](C)[C@@H](O)[C@H](O)[C@H]1O[C@H]1O[C@@H](CO)[C@H](O)[C@@H](O)[C@@H]1O[C@H]1O[C@H](C)[C@@H](O[C@@H]2O[C@H](C)[C@H](O)[C@H](O)[C@H]2O)[C@H](O)[C@@H]1O. The van der Waals surface area contributed by atoms with Gasteiger partial charge in [0, 0.05) is 6.42 Å². The zero-order valence-corrected chi connectivity index (χ0v) is 35.8. The van der Waals surface area contributed by atoms with Gasteiger partial charge >= 0.3 is 5.97 Å². The van der Waals surface area contributed by atoms with Gasteiger partial charge in [-0.2, -0.15) is 0 Å². The van der Waals surface area contributed by atoms with Crippen LogP contribution in [-0.4, -0.2) is 198 Å². The molecule has 4 heterocycles. The fourth-order valence-corrected chi connectivity index (χ4v) is 8.26. The van der Waals surface area contributed by atoms with E-state index in [4.69, 9.17) is 43.0 Å². The molecular formula is C41H74O20. The molecule has 0 aliphatic carbocycles. The minimum absolute atomic E-state index is 0.170. The molecule has 20 heteroatoms. The number of rotatable bonds is 24. The van der Waals surface area contributed by atoms with Crippen LogP contribution in [-0.2, 0) is 42.7 Å². The minimum atomic E-state index is -1.90. The molecular weight excluding hydrogens is 812 g/mol. The Balaban J connectivity index is 1.47. The van der Waals surface area contributed by atoms with Gasteiger partial charge in [-0.25, -0.2) is 0 Å². The number of hydrogen-bond acceptors (Lipinski definition) is 19. The number of aliphatic hydroxyl groups excluding tert-OH is 10. The Morgan fingerprint density at radius 3 is 1.52 bits per heavy atom. The van der Waals surface area contributed by atoms with E-state index in [0.717, 1.165) is 64.2 Å². The first kappa shape index (κ1) is 52.4. The van der Waals surface area contributed by atoms with Crippen molar-refractivity contribution in [1.29, 1.82) is 0 Å². The molecule has 4 aliphatic rings. The van der Waals surface area contributed by atoms with Gasteiger partial charge in [-0.3, -0.25) is 4.79 Å². The van der Waals surface area contributed by atoms with Crippen LogP contribution in [0.15, 0.2) is 0 Å². The quantitative estimate of drug-likeness (QED) is 0.0534. The average Bonchev–Trinajstić information content (AvgIpc) is 3.22. The van der Waals surface area contributed by atoms with Crippen LogP contribution in [0.2, 0.25) is 0 Å². The first-order valence-corrected chi connectivity index (χ1v) is 22.2. The van der Waals surface area contributed by atoms with Crippen LogP contribution in [0.4, 0.5) is 0 Å². The fraction of sp³-hybridized carbons (Fsp3) is 0.976. The largest absolute Gasteiger partial charge is 0.481 e. The Morgan fingerprint density at radius 2 is 0.934 bits per heavy atom. The summed E-state index contributed by atoms with van der Waals surface area (Å²) >= 11 is 0. The second-order valence-electron chi connectivity index (χ2n) is 17.1. The lowest BCUT2D eigenvalue weighted by Gasteiger charge is -2.49. The molecule has 4 aliphatic heterocycles. The Bertz CT molecular complexity index is 1250. The van der Waals surface area contributed by atoms with Crippen molar-refractivity contribution in [2.45, 2.75) is 247 Å². The van der Waals surface area contributed by atoms with Crippen molar-refractivity contribution in [2.75, 3.05) is 6.61 Å². The van der Waals surface area contributed by atoms with Crippen molar-refractivity contribution >= 4 is 5.97 Å². The number of aliphatic hydroxyl groups is 10. The molecule has 0 aromatic heterocycles. The van der Waals surface area contributed by atoms with E-state index in [1.807, 2.05) is 0 Å². The van der Waals surface area contributed by atoms with Gasteiger partial charge in [0.05, 0.1) is 31.0 Å². The number of carboxylic acids is 1. The molecule has 0 amide bonds. The van der Waals surface area contributed by atoms with E-state index in [-0.39, 0.29) is 12.5 Å². The summed E-state index contributed by atoms with van der Waals surface area (Å²) in [6.07, 6.45) is -19.0. The molecule has 4 fully saturated rings. The maximum absolute atomic E-state index is 11.4. The number of unbranched alkanes of at least 4 members (excludes halogenated alkanes) is 9. The van der Waals surface area contributed by atoms with Gasteiger partial charge in [0.2, 0.25) is 0 Å². The number of aliphatic carboxylic acids is 1. The third kappa shape index (κ3) is 14.4. The molecule has 11 N–H and O–H groups in total. The molecule has 61 heavy (non-hydrogen) atoms. The Kier molecular flexibility index (Phi) is 21.8. The maximum Gasteiger partial charge on any atom is 0.303 e. The van der Waals surface area contributed by atoms with Gasteiger partial charge in [0.15, 0.2) is 25.2 Å². The number of carbonyl (C=O) groups is 1. The second kappa shape index (κ2) is 25.4. The van der Waals surface area contributed by atoms with Gasteiger partial charge in [-0.1, -0.05) is 71.1 Å². The fourth-order valence-electron chi connectivity index (χ4n) is 8.26. The van der Waals surface area contributed by atoms with E-state index in [2.05, 4.69) is 6.92 Å². The topological polar surface area (TPSA) is 313 Å². The molecule has 0 spiro atoms. The van der Waals surface area contributed by atoms with E-state index < -0.39 is 135 Å². The summed E-state index contributed by atoms with van der Waals surface area (Å²) in [4.78, 5) is 10.8. The van der Waals surface area contributed by atoms with E-state index in [1.54, 1.807) is 6.92 Å². The van der Waals surface area contributed by atoms with Crippen molar-refractivity contribution in [3.63, 3.8) is 0 Å². The molecule has 4 rings (SSSR count). The Morgan fingerprint density at radius 1 is 0.492 bits per heavy atom. The van der Waals surface area contributed by atoms with E-state index in [0.29, 0.717) is 19.3 Å². The molecule has 21 atom stereocenters. The number of hydrogen-bond donors (Lipinski definition) is 11. The molecule has 0 unspecified atom stereocenters. The van der Waals surface area contributed by atoms with Crippen LogP contribution in [0.25, 0.3) is 0 Å². The summed E-state index contributed by atoms with van der Waals surface area (Å²) in [6, 6.07) is 0. The third-order valence-corrected chi connectivity index (χ3v) is 12.2. The Hall–Kier alpha value is -1.25. The number of carboxylic acid groups (broad SMARTS) is 1. The minimum Gasteiger partial charge on any atom is -0.481 e. The summed E-state index contributed by atoms with van der Waals surface area (Å²) in [6.45, 7) is 5.80. The highest BCUT2D eigenvalue weighted by Crippen LogP contribution is 2.35. The van der Waals surface area contributed by atoms with Crippen molar-refractivity contribution in [2.24, 2.45) is 0 Å².